The average molecular weight is 424 g/mol. The molecule has 0 radical (unpaired) electrons. The third kappa shape index (κ3) is 3.69. The molecule has 2 aliphatic rings. The van der Waals surface area contributed by atoms with E-state index in [-0.39, 0.29) is 5.78 Å². The van der Waals surface area contributed by atoms with Crippen molar-refractivity contribution < 1.29 is 14.3 Å². The number of thiophene rings is 1. The first kappa shape index (κ1) is 18.4. The molecule has 3 aromatic rings. The first-order valence-corrected chi connectivity index (χ1v) is 10.7. The average Bonchev–Trinajstić information content (AvgIpc) is 3.37. The Hall–Kier alpha value is -2.60. The topological polar surface area (TPSA) is 38.8 Å². The van der Waals surface area contributed by atoms with Gasteiger partial charge in [0.15, 0.2) is 5.76 Å². The number of allylic oxidation sites excluding steroid dienone is 1. The van der Waals surface area contributed by atoms with E-state index in [2.05, 4.69) is 22.4 Å². The summed E-state index contributed by atoms with van der Waals surface area (Å²) in [6.07, 6.45) is 2.73. The molecule has 1 aromatic heterocycles. The Labute approximate surface area is 177 Å². The Balaban J connectivity index is 1.38. The fourth-order valence-corrected chi connectivity index (χ4v) is 4.41. The van der Waals surface area contributed by atoms with E-state index in [1.54, 1.807) is 35.6 Å². The number of rotatable bonds is 4. The highest BCUT2D eigenvalue weighted by Crippen LogP contribution is 2.42. The molecule has 0 bridgehead atoms. The molecule has 0 amide bonds. The molecule has 0 spiro atoms. The SMILES string of the molecule is O=C1/C(=C/c2ccc(Cl)cc2)Oc2c1ccc1c2CN(CCc2cccs2)CO1. The van der Waals surface area contributed by atoms with Crippen molar-refractivity contribution in [2.45, 2.75) is 13.0 Å². The number of ketones is 1. The lowest BCUT2D eigenvalue weighted by Crippen LogP contribution is -2.33. The molecule has 0 fully saturated rings. The molecule has 0 unspecified atom stereocenters. The van der Waals surface area contributed by atoms with Crippen molar-refractivity contribution in [2.24, 2.45) is 0 Å². The second-order valence-corrected chi connectivity index (χ2v) is 8.53. The van der Waals surface area contributed by atoms with Crippen molar-refractivity contribution in [1.82, 2.24) is 4.90 Å². The molecular formula is C23H18ClNO3S. The maximum absolute atomic E-state index is 12.8. The van der Waals surface area contributed by atoms with Crippen molar-refractivity contribution >= 4 is 34.8 Å². The highest BCUT2D eigenvalue weighted by molar-refractivity contribution is 7.09. The predicted molar refractivity (Wildman–Crippen MR) is 115 cm³/mol. The van der Waals surface area contributed by atoms with E-state index >= 15 is 0 Å². The quantitative estimate of drug-likeness (QED) is 0.526. The van der Waals surface area contributed by atoms with Gasteiger partial charge in [0.25, 0.3) is 0 Å². The van der Waals surface area contributed by atoms with Crippen LogP contribution in [0.4, 0.5) is 0 Å². The first-order chi connectivity index (χ1) is 14.2. The number of halogens is 1. The van der Waals surface area contributed by atoms with Crippen LogP contribution in [0, 0.1) is 0 Å². The molecule has 2 aliphatic heterocycles. The number of Topliss-reactive ketones (excluding diaryl/α,β-unsaturated/α-hetero) is 1. The summed E-state index contributed by atoms with van der Waals surface area (Å²) in [5.41, 5.74) is 2.40. The molecule has 0 saturated carbocycles. The number of ether oxygens (including phenoxy) is 2. The zero-order valence-electron chi connectivity index (χ0n) is 15.6. The van der Waals surface area contributed by atoms with Crippen molar-refractivity contribution in [1.29, 1.82) is 0 Å². The molecule has 29 heavy (non-hydrogen) atoms. The van der Waals surface area contributed by atoms with Crippen LogP contribution in [0.25, 0.3) is 6.08 Å². The minimum absolute atomic E-state index is 0.103. The molecule has 5 rings (SSSR count). The first-order valence-electron chi connectivity index (χ1n) is 9.40. The molecule has 0 aliphatic carbocycles. The smallest absolute Gasteiger partial charge is 0.231 e. The number of nitrogens with zero attached hydrogens (tertiary/aromatic N) is 1. The van der Waals surface area contributed by atoms with Crippen molar-refractivity contribution in [3.05, 3.63) is 86.3 Å². The van der Waals surface area contributed by atoms with Crippen LogP contribution in [-0.2, 0) is 13.0 Å². The number of hydrogen-bond acceptors (Lipinski definition) is 5. The van der Waals surface area contributed by atoms with E-state index in [9.17, 15) is 4.79 Å². The fraction of sp³-hybridized carbons (Fsp3) is 0.174. The summed E-state index contributed by atoms with van der Waals surface area (Å²) < 4.78 is 12.0. The summed E-state index contributed by atoms with van der Waals surface area (Å²) in [4.78, 5) is 16.4. The molecule has 146 valence electrons. The van der Waals surface area contributed by atoms with E-state index in [1.807, 2.05) is 18.2 Å². The Morgan fingerprint density at radius 1 is 1.14 bits per heavy atom. The van der Waals surface area contributed by atoms with Crippen LogP contribution in [-0.4, -0.2) is 24.0 Å². The normalized spacial score (nSPS) is 17.0. The van der Waals surface area contributed by atoms with Gasteiger partial charge in [-0.1, -0.05) is 29.8 Å². The summed E-state index contributed by atoms with van der Waals surface area (Å²) in [5.74, 6) is 1.63. The summed E-state index contributed by atoms with van der Waals surface area (Å²) in [5, 5.41) is 2.75. The van der Waals surface area contributed by atoms with Gasteiger partial charge in [-0.15, -0.1) is 11.3 Å². The van der Waals surface area contributed by atoms with Crippen molar-refractivity contribution in [3.8, 4) is 11.5 Å². The largest absolute Gasteiger partial charge is 0.478 e. The van der Waals surface area contributed by atoms with Gasteiger partial charge in [-0.25, -0.2) is 0 Å². The third-order valence-corrected chi connectivity index (χ3v) is 6.29. The highest BCUT2D eigenvalue weighted by Gasteiger charge is 2.33. The Morgan fingerprint density at radius 2 is 2.00 bits per heavy atom. The molecule has 0 N–H and O–H groups in total. The van der Waals surface area contributed by atoms with Gasteiger partial charge in [0.2, 0.25) is 5.78 Å². The minimum atomic E-state index is -0.103. The van der Waals surface area contributed by atoms with Crippen LogP contribution >= 0.6 is 22.9 Å². The van der Waals surface area contributed by atoms with E-state index in [4.69, 9.17) is 21.1 Å². The summed E-state index contributed by atoms with van der Waals surface area (Å²) in [6, 6.07) is 15.2. The standard InChI is InChI=1S/C23H18ClNO3S/c24-16-5-3-15(4-6-16)12-21-22(26)18-7-8-20-19(23(18)28-21)13-25(14-27-20)10-9-17-2-1-11-29-17/h1-8,11-12H,9-10,13-14H2/b21-12-. The van der Waals surface area contributed by atoms with Gasteiger partial charge in [-0.05, 0) is 53.8 Å². The Morgan fingerprint density at radius 3 is 2.79 bits per heavy atom. The van der Waals surface area contributed by atoms with Gasteiger partial charge in [0.1, 0.15) is 18.2 Å². The molecule has 6 heteroatoms. The number of benzene rings is 2. The van der Waals surface area contributed by atoms with Gasteiger partial charge in [0.05, 0.1) is 11.1 Å². The molecular weight excluding hydrogens is 406 g/mol. The van der Waals surface area contributed by atoms with Gasteiger partial charge in [-0.2, -0.15) is 0 Å². The van der Waals surface area contributed by atoms with Crippen LogP contribution in [0.2, 0.25) is 5.02 Å². The van der Waals surface area contributed by atoms with E-state index in [0.29, 0.717) is 35.4 Å². The zero-order valence-corrected chi connectivity index (χ0v) is 17.1. The highest BCUT2D eigenvalue weighted by atomic mass is 35.5. The maximum Gasteiger partial charge on any atom is 0.231 e. The summed E-state index contributed by atoms with van der Waals surface area (Å²) >= 11 is 7.71. The van der Waals surface area contributed by atoms with Gasteiger partial charge >= 0.3 is 0 Å². The monoisotopic (exact) mass is 423 g/mol. The predicted octanol–water partition coefficient (Wildman–Crippen LogP) is 5.41. The summed E-state index contributed by atoms with van der Waals surface area (Å²) in [6.45, 7) is 2.13. The van der Waals surface area contributed by atoms with E-state index in [1.165, 1.54) is 4.88 Å². The van der Waals surface area contributed by atoms with Crippen LogP contribution in [0.15, 0.2) is 59.7 Å². The van der Waals surface area contributed by atoms with Crippen LogP contribution < -0.4 is 9.47 Å². The molecule has 0 atom stereocenters. The molecule has 3 heterocycles. The maximum atomic E-state index is 12.8. The van der Waals surface area contributed by atoms with Crippen LogP contribution in [0.1, 0.15) is 26.4 Å². The van der Waals surface area contributed by atoms with Crippen LogP contribution in [0.3, 0.4) is 0 Å². The molecule has 2 aromatic carbocycles. The third-order valence-electron chi connectivity index (χ3n) is 5.10. The second-order valence-electron chi connectivity index (χ2n) is 7.07. The zero-order chi connectivity index (χ0) is 19.8. The minimum Gasteiger partial charge on any atom is -0.478 e. The van der Waals surface area contributed by atoms with Gasteiger partial charge < -0.3 is 9.47 Å². The number of fused-ring (bicyclic) bond motifs is 3. The fourth-order valence-electron chi connectivity index (χ4n) is 3.58. The van der Waals surface area contributed by atoms with Gasteiger partial charge in [-0.3, -0.25) is 9.69 Å². The number of carbonyl (C=O) groups excluding carboxylic acids is 1. The van der Waals surface area contributed by atoms with Gasteiger partial charge in [0, 0.05) is 23.0 Å². The number of carbonyl (C=O) groups is 1. The van der Waals surface area contributed by atoms with Crippen molar-refractivity contribution in [2.75, 3.05) is 13.3 Å². The van der Waals surface area contributed by atoms with Crippen LogP contribution in [0.5, 0.6) is 11.5 Å². The molecule has 0 saturated heterocycles. The lowest BCUT2D eigenvalue weighted by molar-refractivity contribution is 0.0951. The van der Waals surface area contributed by atoms with Crippen molar-refractivity contribution in [3.63, 3.8) is 0 Å². The lowest BCUT2D eigenvalue weighted by Gasteiger charge is -2.29. The molecule has 4 nitrogen and oxygen atoms in total. The van der Waals surface area contributed by atoms with E-state index < -0.39 is 0 Å². The number of hydrogen-bond donors (Lipinski definition) is 0. The second kappa shape index (κ2) is 7.67. The lowest BCUT2D eigenvalue weighted by atomic mass is 10.0. The Bertz CT molecular complexity index is 1090. The van der Waals surface area contributed by atoms with E-state index in [0.717, 1.165) is 29.8 Å². The Kier molecular flexibility index (Phi) is 4.87. The summed E-state index contributed by atoms with van der Waals surface area (Å²) in [7, 11) is 0.